The highest BCUT2D eigenvalue weighted by molar-refractivity contribution is 5.86. The lowest BCUT2D eigenvalue weighted by Crippen LogP contribution is -2.46. The normalized spacial score (nSPS) is 12.0. The lowest BCUT2D eigenvalue weighted by Gasteiger charge is -2.22. The van der Waals surface area contributed by atoms with Gasteiger partial charge in [0.1, 0.15) is 36.5 Å². The number of esters is 6. The van der Waals surface area contributed by atoms with Crippen molar-refractivity contribution in [1.29, 1.82) is 0 Å². The van der Waals surface area contributed by atoms with Gasteiger partial charge in [-0.25, -0.2) is 19.2 Å². The molecular formula is C30H58Cl2N4O18. The van der Waals surface area contributed by atoms with Crippen LogP contribution < -0.4 is 22.1 Å². The molecule has 0 aliphatic carbocycles. The van der Waals surface area contributed by atoms with E-state index in [9.17, 15) is 38.4 Å². The number of alkyl carbamates (subject to hydrolysis) is 2. The van der Waals surface area contributed by atoms with Gasteiger partial charge in [-0.05, 0) is 41.5 Å². The monoisotopic (exact) mass is 832 g/mol. The average Bonchev–Trinajstić information content (AvgIpc) is 3.04. The molecule has 54 heavy (non-hydrogen) atoms. The van der Waals surface area contributed by atoms with Crippen LogP contribution in [0.25, 0.3) is 0 Å². The van der Waals surface area contributed by atoms with Crippen molar-refractivity contribution in [3.63, 3.8) is 0 Å². The molecule has 0 rings (SSSR count). The maximum atomic E-state index is 11.5. The Morgan fingerprint density at radius 3 is 1.13 bits per heavy atom. The van der Waals surface area contributed by atoms with Gasteiger partial charge < -0.3 is 70.2 Å². The van der Waals surface area contributed by atoms with Gasteiger partial charge in [-0.3, -0.25) is 19.2 Å². The van der Waals surface area contributed by atoms with E-state index in [1.54, 1.807) is 41.5 Å². The SMILES string of the molecule is COC(=O)C(CO)NC(=O)OC(C)(C)C.COC(=O)C(COC(C)=O)NC(=O)OC(C)(C)C.COC(=O)C(N)CO.COC(=O)C(N)COC(C)=O.Cl.Cl. The largest absolute Gasteiger partial charge is 0.468 e. The molecule has 0 fully saturated rings. The molecule has 0 bridgehead atoms. The van der Waals surface area contributed by atoms with Crippen molar-refractivity contribution >= 4 is 72.8 Å². The second-order valence-electron chi connectivity index (χ2n) is 11.7. The quantitative estimate of drug-likeness (QED) is 0.102. The third kappa shape index (κ3) is 39.0. The number of aliphatic hydroxyl groups excluding tert-OH is 2. The molecule has 0 radical (unpaired) electrons. The number of rotatable bonds is 12. The van der Waals surface area contributed by atoms with Crippen molar-refractivity contribution in [2.45, 2.75) is 90.8 Å². The van der Waals surface area contributed by atoms with Crippen LogP contribution in [0.15, 0.2) is 0 Å². The molecular weight excluding hydrogens is 775 g/mol. The zero-order valence-corrected chi connectivity index (χ0v) is 34.2. The maximum Gasteiger partial charge on any atom is 0.408 e. The van der Waals surface area contributed by atoms with Gasteiger partial charge in [0.25, 0.3) is 0 Å². The molecule has 320 valence electrons. The van der Waals surface area contributed by atoms with E-state index in [2.05, 4.69) is 39.1 Å². The first-order valence-corrected chi connectivity index (χ1v) is 15.0. The Bertz CT molecular complexity index is 1130. The fourth-order valence-electron chi connectivity index (χ4n) is 2.39. The molecule has 0 spiro atoms. The number of hydrogen-bond donors (Lipinski definition) is 6. The van der Waals surface area contributed by atoms with Crippen LogP contribution in [-0.2, 0) is 66.7 Å². The zero-order valence-electron chi connectivity index (χ0n) is 32.5. The molecule has 2 amide bonds. The molecule has 4 atom stereocenters. The van der Waals surface area contributed by atoms with Crippen molar-refractivity contribution < 1.29 is 86.5 Å². The van der Waals surface area contributed by atoms with Gasteiger partial charge in [-0.1, -0.05) is 0 Å². The Balaban J connectivity index is -0.000000146. The van der Waals surface area contributed by atoms with Crippen LogP contribution in [0.3, 0.4) is 0 Å². The van der Waals surface area contributed by atoms with Crippen LogP contribution in [0.2, 0.25) is 0 Å². The maximum absolute atomic E-state index is 11.5. The summed E-state index contributed by atoms with van der Waals surface area (Å²) in [7, 11) is 4.77. The summed E-state index contributed by atoms with van der Waals surface area (Å²) >= 11 is 0. The van der Waals surface area contributed by atoms with E-state index in [1.165, 1.54) is 42.3 Å². The number of ether oxygens (including phenoxy) is 8. The highest BCUT2D eigenvalue weighted by atomic mass is 35.5. The van der Waals surface area contributed by atoms with E-state index in [0.717, 1.165) is 0 Å². The van der Waals surface area contributed by atoms with E-state index in [1.807, 2.05) is 0 Å². The summed E-state index contributed by atoms with van der Waals surface area (Å²) in [6.45, 7) is 11.2. The van der Waals surface area contributed by atoms with E-state index in [-0.39, 0.29) is 44.6 Å². The van der Waals surface area contributed by atoms with E-state index >= 15 is 0 Å². The molecule has 0 heterocycles. The Hall–Kier alpha value is -4.22. The van der Waals surface area contributed by atoms with Crippen molar-refractivity contribution in [3.05, 3.63) is 0 Å². The van der Waals surface area contributed by atoms with Gasteiger partial charge in [-0.15, -0.1) is 24.8 Å². The molecule has 0 saturated heterocycles. The highest BCUT2D eigenvalue weighted by Crippen LogP contribution is 2.08. The van der Waals surface area contributed by atoms with E-state index in [0.29, 0.717) is 0 Å². The van der Waals surface area contributed by atoms with Gasteiger partial charge in [0.15, 0.2) is 12.1 Å². The smallest absolute Gasteiger partial charge is 0.408 e. The van der Waals surface area contributed by atoms with Gasteiger partial charge in [-0.2, -0.15) is 0 Å². The predicted molar refractivity (Wildman–Crippen MR) is 192 cm³/mol. The summed E-state index contributed by atoms with van der Waals surface area (Å²) in [6, 6.07) is -3.96. The number of methoxy groups -OCH3 is 4. The highest BCUT2D eigenvalue weighted by Gasteiger charge is 2.26. The summed E-state index contributed by atoms with van der Waals surface area (Å²) in [5.74, 6) is -3.65. The van der Waals surface area contributed by atoms with E-state index in [4.69, 9.17) is 31.2 Å². The Morgan fingerprint density at radius 2 is 0.852 bits per heavy atom. The Labute approximate surface area is 326 Å². The molecule has 22 nitrogen and oxygen atoms in total. The number of amides is 2. The molecule has 0 aromatic carbocycles. The van der Waals surface area contributed by atoms with Crippen molar-refractivity contribution in [2.24, 2.45) is 11.5 Å². The molecule has 0 aliphatic rings. The van der Waals surface area contributed by atoms with E-state index < -0.39 is 90.0 Å². The molecule has 0 aliphatic heterocycles. The number of carbonyl (C=O) groups is 8. The number of nitrogens with two attached hydrogens (primary N) is 2. The van der Waals surface area contributed by atoms with Gasteiger partial charge in [0, 0.05) is 13.8 Å². The Kier molecular flexibility index (Phi) is 38.2. The topological polar surface area (TPSA) is 327 Å². The van der Waals surface area contributed by atoms with Crippen molar-refractivity contribution in [1.82, 2.24) is 10.6 Å². The molecule has 0 saturated carbocycles. The van der Waals surface area contributed by atoms with Crippen LogP contribution in [0.1, 0.15) is 55.4 Å². The summed E-state index contributed by atoms with van der Waals surface area (Å²) in [4.78, 5) is 86.7. The molecule has 0 aromatic heterocycles. The first-order valence-electron chi connectivity index (χ1n) is 15.0. The predicted octanol–water partition coefficient (Wildman–Crippen LogP) is -0.967. The third-order valence-corrected chi connectivity index (χ3v) is 4.66. The first kappa shape index (κ1) is 61.8. The number of halogens is 2. The summed E-state index contributed by atoms with van der Waals surface area (Å²) in [6.07, 6.45) is -1.56. The van der Waals surface area contributed by atoms with Crippen LogP contribution in [-0.4, -0.2) is 148 Å². The number of carbonyl (C=O) groups excluding carboxylic acids is 8. The lowest BCUT2D eigenvalue weighted by molar-refractivity contribution is -0.150. The minimum atomic E-state index is -1.09. The summed E-state index contributed by atoms with van der Waals surface area (Å²) < 4.78 is 36.3. The number of nitrogens with one attached hydrogen (secondary N) is 2. The fraction of sp³-hybridized carbons (Fsp3) is 0.733. The zero-order chi connectivity index (χ0) is 41.8. The average molecular weight is 834 g/mol. The van der Waals surface area contributed by atoms with Crippen LogP contribution >= 0.6 is 24.8 Å². The van der Waals surface area contributed by atoms with Gasteiger partial charge >= 0.3 is 48.0 Å². The minimum Gasteiger partial charge on any atom is -0.468 e. The third-order valence-electron chi connectivity index (χ3n) is 4.66. The molecule has 24 heteroatoms. The molecule has 0 aromatic rings. The second kappa shape index (κ2) is 33.4. The lowest BCUT2D eigenvalue weighted by atomic mass is 10.2. The number of aliphatic hydroxyl groups is 2. The Morgan fingerprint density at radius 1 is 0.537 bits per heavy atom. The van der Waals surface area contributed by atoms with Crippen molar-refractivity contribution in [2.75, 3.05) is 54.9 Å². The van der Waals surface area contributed by atoms with Crippen LogP contribution in [0, 0.1) is 0 Å². The van der Waals surface area contributed by atoms with Crippen LogP contribution in [0.5, 0.6) is 0 Å². The van der Waals surface area contributed by atoms with Crippen LogP contribution in [0.4, 0.5) is 9.59 Å². The second-order valence-corrected chi connectivity index (χ2v) is 11.7. The minimum absolute atomic E-state index is 0. The fourth-order valence-corrected chi connectivity index (χ4v) is 2.39. The van der Waals surface area contributed by atoms with Gasteiger partial charge in [0.05, 0.1) is 41.7 Å². The molecule has 4 unspecified atom stereocenters. The number of hydrogen-bond acceptors (Lipinski definition) is 20. The van der Waals surface area contributed by atoms with Gasteiger partial charge in [0.2, 0.25) is 0 Å². The standard InChI is InChI=1S/C11H19NO6.C9H17NO5.C6H11NO4.C4H9NO3.2ClH/c1-7(13)17-6-8(9(14)16-5)12-10(15)18-11(2,3)4;1-9(2,3)15-8(13)10-6(5-11)7(12)14-4;1-4(8)11-3-5(7)6(9)10-2;1-8-4(7)3(5)2-6;;/h8H,6H2,1-5H3,(H,12,15);6,11H,5H2,1-4H3,(H,10,13);5H,3,7H2,1-2H3;3,6H,2,5H2,1H3;2*1H. The first-order chi connectivity index (χ1) is 23.7. The summed E-state index contributed by atoms with van der Waals surface area (Å²) in [5, 5.41) is 21.5. The molecule has 8 N–H and O–H groups in total. The summed E-state index contributed by atoms with van der Waals surface area (Å²) in [5.41, 5.74) is 8.89. The van der Waals surface area contributed by atoms with Crippen molar-refractivity contribution in [3.8, 4) is 0 Å².